The van der Waals surface area contributed by atoms with E-state index in [0.717, 1.165) is 11.1 Å². The van der Waals surface area contributed by atoms with Gasteiger partial charge in [-0.1, -0.05) is 35.5 Å². The first kappa shape index (κ1) is 18.1. The summed E-state index contributed by atoms with van der Waals surface area (Å²) in [7, 11) is 0. The summed E-state index contributed by atoms with van der Waals surface area (Å²) < 4.78 is 34.1. The number of carbonyl (C=O) groups is 1. The summed E-state index contributed by atoms with van der Waals surface area (Å²) in [5.74, 6) is 0.853. The van der Waals surface area contributed by atoms with Gasteiger partial charge in [0.15, 0.2) is 5.82 Å². The SMILES string of the molecule is O=C1NCC(c2nc(CCc3ccc(OC(F)F)cc3)no2)c2ccccc21. The molecule has 0 spiro atoms. The molecule has 1 aromatic heterocycles. The van der Waals surface area contributed by atoms with E-state index in [-0.39, 0.29) is 17.6 Å². The lowest BCUT2D eigenvalue weighted by Crippen LogP contribution is -2.35. The van der Waals surface area contributed by atoms with Crippen LogP contribution < -0.4 is 10.1 Å². The van der Waals surface area contributed by atoms with Crippen molar-refractivity contribution in [1.82, 2.24) is 15.5 Å². The van der Waals surface area contributed by atoms with Gasteiger partial charge in [0.25, 0.3) is 5.91 Å². The van der Waals surface area contributed by atoms with Crippen LogP contribution in [0.4, 0.5) is 8.78 Å². The van der Waals surface area contributed by atoms with Crippen LogP contribution in [0.25, 0.3) is 0 Å². The van der Waals surface area contributed by atoms with Gasteiger partial charge in [-0.2, -0.15) is 13.8 Å². The maximum atomic E-state index is 12.2. The average molecular weight is 385 g/mol. The largest absolute Gasteiger partial charge is 0.435 e. The number of aryl methyl sites for hydroxylation is 2. The molecule has 3 aromatic rings. The maximum Gasteiger partial charge on any atom is 0.387 e. The molecule has 1 amide bonds. The molecule has 1 aliphatic rings. The fourth-order valence-corrected chi connectivity index (χ4v) is 3.23. The van der Waals surface area contributed by atoms with Gasteiger partial charge in [-0.05, 0) is 35.7 Å². The molecular formula is C20H17F2N3O3. The average Bonchev–Trinajstić information content (AvgIpc) is 3.16. The second kappa shape index (κ2) is 7.75. The van der Waals surface area contributed by atoms with Gasteiger partial charge in [-0.15, -0.1) is 0 Å². The number of benzene rings is 2. The fraction of sp³-hybridized carbons (Fsp3) is 0.250. The number of amides is 1. The van der Waals surface area contributed by atoms with Crippen molar-refractivity contribution in [2.45, 2.75) is 25.4 Å². The molecule has 0 bridgehead atoms. The van der Waals surface area contributed by atoms with Gasteiger partial charge in [0, 0.05) is 18.5 Å². The number of rotatable bonds is 6. The Morgan fingerprint density at radius 1 is 1.14 bits per heavy atom. The van der Waals surface area contributed by atoms with Crippen molar-refractivity contribution in [1.29, 1.82) is 0 Å². The molecule has 0 radical (unpaired) electrons. The van der Waals surface area contributed by atoms with Gasteiger partial charge < -0.3 is 14.6 Å². The van der Waals surface area contributed by atoms with Crippen molar-refractivity contribution in [2.24, 2.45) is 0 Å². The van der Waals surface area contributed by atoms with Crippen molar-refractivity contribution in [3.63, 3.8) is 0 Å². The third-order valence-electron chi connectivity index (χ3n) is 4.62. The molecule has 0 aliphatic carbocycles. The number of hydrogen-bond acceptors (Lipinski definition) is 5. The van der Waals surface area contributed by atoms with E-state index in [4.69, 9.17) is 4.52 Å². The Hall–Kier alpha value is -3.29. The van der Waals surface area contributed by atoms with E-state index in [0.29, 0.717) is 36.7 Å². The number of nitrogens with zero attached hydrogens (tertiary/aromatic N) is 2. The molecule has 2 aromatic carbocycles. The number of nitrogens with one attached hydrogen (secondary N) is 1. The number of carbonyl (C=O) groups excluding carboxylic acids is 1. The highest BCUT2D eigenvalue weighted by Gasteiger charge is 2.30. The van der Waals surface area contributed by atoms with Crippen LogP contribution in [0.15, 0.2) is 53.1 Å². The number of hydrogen-bond donors (Lipinski definition) is 1. The Morgan fingerprint density at radius 3 is 2.71 bits per heavy atom. The van der Waals surface area contributed by atoms with Gasteiger partial charge in [0.1, 0.15) is 5.75 Å². The third kappa shape index (κ3) is 3.85. The maximum absolute atomic E-state index is 12.2. The second-order valence-electron chi connectivity index (χ2n) is 6.42. The van der Waals surface area contributed by atoms with Crippen LogP contribution >= 0.6 is 0 Å². The van der Waals surface area contributed by atoms with Gasteiger partial charge in [-0.25, -0.2) is 0 Å². The number of ether oxygens (including phenoxy) is 1. The van der Waals surface area contributed by atoms with Crippen LogP contribution in [-0.4, -0.2) is 29.2 Å². The fourth-order valence-electron chi connectivity index (χ4n) is 3.23. The predicted molar refractivity (Wildman–Crippen MR) is 95.4 cm³/mol. The molecule has 28 heavy (non-hydrogen) atoms. The first-order valence-electron chi connectivity index (χ1n) is 8.83. The van der Waals surface area contributed by atoms with E-state index in [9.17, 15) is 13.6 Å². The van der Waals surface area contributed by atoms with Gasteiger partial charge >= 0.3 is 6.61 Å². The summed E-state index contributed by atoms with van der Waals surface area (Å²) in [6.45, 7) is -2.43. The zero-order valence-electron chi connectivity index (χ0n) is 14.8. The minimum atomic E-state index is -2.83. The minimum absolute atomic E-state index is 0.106. The molecule has 0 fully saturated rings. The highest BCUT2D eigenvalue weighted by atomic mass is 19.3. The van der Waals surface area contributed by atoms with E-state index in [2.05, 4.69) is 20.2 Å². The molecule has 2 heterocycles. The quantitative estimate of drug-likeness (QED) is 0.704. The van der Waals surface area contributed by atoms with Crippen LogP contribution in [0.5, 0.6) is 5.75 Å². The summed E-state index contributed by atoms with van der Waals surface area (Å²) in [4.78, 5) is 16.5. The first-order valence-corrected chi connectivity index (χ1v) is 8.83. The molecule has 0 saturated heterocycles. The molecule has 144 valence electrons. The molecular weight excluding hydrogens is 368 g/mol. The molecule has 4 rings (SSSR count). The van der Waals surface area contributed by atoms with Gasteiger partial charge in [0.2, 0.25) is 5.89 Å². The zero-order chi connectivity index (χ0) is 19.5. The molecule has 0 saturated carbocycles. The van der Waals surface area contributed by atoms with Crippen molar-refractivity contribution >= 4 is 5.91 Å². The summed E-state index contributed by atoms with van der Waals surface area (Å²) in [6, 6.07) is 13.8. The lowest BCUT2D eigenvalue weighted by Gasteiger charge is -2.22. The number of fused-ring (bicyclic) bond motifs is 1. The Bertz CT molecular complexity index is 973. The van der Waals surface area contributed by atoms with Crippen LogP contribution in [-0.2, 0) is 12.8 Å². The van der Waals surface area contributed by atoms with Crippen molar-refractivity contribution < 1.29 is 22.8 Å². The number of halogens is 2. The lowest BCUT2D eigenvalue weighted by atomic mass is 9.90. The Balaban J connectivity index is 1.43. The molecule has 1 atom stereocenters. The zero-order valence-corrected chi connectivity index (χ0v) is 14.8. The highest BCUT2D eigenvalue weighted by Crippen LogP contribution is 2.29. The van der Waals surface area contributed by atoms with Crippen LogP contribution in [0.1, 0.15) is 39.1 Å². The Labute approximate surface area is 159 Å². The summed E-state index contributed by atoms with van der Waals surface area (Å²) in [6.07, 6.45) is 1.17. The molecule has 6 nitrogen and oxygen atoms in total. The Morgan fingerprint density at radius 2 is 1.93 bits per heavy atom. The third-order valence-corrected chi connectivity index (χ3v) is 4.62. The van der Waals surface area contributed by atoms with Gasteiger partial charge in [-0.3, -0.25) is 4.79 Å². The standard InChI is InChI=1S/C20H17F2N3O3/c21-20(22)27-13-8-5-12(6-9-13)7-10-17-24-19(28-25-17)16-11-23-18(26)15-4-2-1-3-14(15)16/h1-6,8-9,16,20H,7,10-11H2,(H,23,26). The van der Waals surface area contributed by atoms with Crippen molar-refractivity contribution in [2.75, 3.05) is 6.54 Å². The topological polar surface area (TPSA) is 77.2 Å². The van der Waals surface area contributed by atoms with Crippen LogP contribution in [0.2, 0.25) is 0 Å². The summed E-state index contributed by atoms with van der Waals surface area (Å²) in [5.41, 5.74) is 2.43. The Kier molecular flexibility index (Phi) is 5.01. The first-order chi connectivity index (χ1) is 13.6. The predicted octanol–water partition coefficient (Wildman–Crippen LogP) is 3.33. The normalized spacial score (nSPS) is 16.0. The van der Waals surface area contributed by atoms with E-state index < -0.39 is 6.61 Å². The van der Waals surface area contributed by atoms with E-state index >= 15 is 0 Å². The lowest BCUT2D eigenvalue weighted by molar-refractivity contribution is -0.0498. The minimum Gasteiger partial charge on any atom is -0.435 e. The van der Waals surface area contributed by atoms with Crippen molar-refractivity contribution in [3.05, 3.63) is 76.9 Å². The summed E-state index contributed by atoms with van der Waals surface area (Å²) >= 11 is 0. The molecule has 1 N–H and O–H groups in total. The second-order valence-corrected chi connectivity index (χ2v) is 6.42. The molecule has 1 unspecified atom stereocenters. The number of alkyl halides is 2. The van der Waals surface area contributed by atoms with E-state index in [1.54, 1.807) is 18.2 Å². The highest BCUT2D eigenvalue weighted by molar-refractivity contribution is 5.97. The van der Waals surface area contributed by atoms with E-state index in [1.165, 1.54) is 12.1 Å². The van der Waals surface area contributed by atoms with E-state index in [1.807, 2.05) is 18.2 Å². The van der Waals surface area contributed by atoms with Gasteiger partial charge in [0.05, 0.1) is 5.92 Å². The summed E-state index contributed by atoms with van der Waals surface area (Å²) in [5, 5.41) is 6.87. The monoisotopic (exact) mass is 385 g/mol. The van der Waals surface area contributed by atoms with Crippen LogP contribution in [0, 0.1) is 0 Å². The number of aromatic nitrogens is 2. The molecule has 1 aliphatic heterocycles. The smallest absolute Gasteiger partial charge is 0.387 e. The van der Waals surface area contributed by atoms with Crippen molar-refractivity contribution in [3.8, 4) is 5.75 Å². The molecule has 8 heteroatoms. The van der Waals surface area contributed by atoms with Crippen LogP contribution in [0.3, 0.4) is 0 Å².